The fraction of sp³-hybridized carbons (Fsp3) is 0.538. The van der Waals surface area contributed by atoms with Crippen molar-refractivity contribution in [2.45, 2.75) is 13.3 Å². The van der Waals surface area contributed by atoms with Crippen LogP contribution in [-0.2, 0) is 9.53 Å². The average molecular weight is 267 g/mol. The third-order valence-corrected chi connectivity index (χ3v) is 2.59. The number of methoxy groups -OCH3 is 1. The van der Waals surface area contributed by atoms with Crippen LogP contribution in [0.4, 0.5) is 5.69 Å². The molecule has 0 aliphatic heterocycles. The Kier molecular flexibility index (Phi) is 6.84. The van der Waals surface area contributed by atoms with Gasteiger partial charge in [0.1, 0.15) is 6.61 Å². The van der Waals surface area contributed by atoms with Crippen molar-refractivity contribution >= 4 is 11.6 Å². The molecule has 0 aliphatic rings. The fourth-order valence-electron chi connectivity index (χ4n) is 1.42. The summed E-state index contributed by atoms with van der Waals surface area (Å²) < 4.78 is 10.2. The Morgan fingerprint density at radius 1 is 1.47 bits per heavy atom. The van der Waals surface area contributed by atoms with E-state index in [2.05, 4.69) is 10.3 Å². The summed E-state index contributed by atoms with van der Waals surface area (Å²) in [6, 6.07) is 3.46. The maximum atomic E-state index is 11.8. The van der Waals surface area contributed by atoms with Gasteiger partial charge in [0.2, 0.25) is 11.8 Å². The van der Waals surface area contributed by atoms with Gasteiger partial charge >= 0.3 is 0 Å². The van der Waals surface area contributed by atoms with E-state index in [4.69, 9.17) is 15.2 Å². The quantitative estimate of drug-likeness (QED) is 0.687. The highest BCUT2D eigenvalue weighted by Gasteiger charge is 2.11. The van der Waals surface area contributed by atoms with Crippen molar-refractivity contribution in [1.82, 2.24) is 4.98 Å². The zero-order valence-corrected chi connectivity index (χ0v) is 11.4. The molecule has 1 atom stereocenters. The van der Waals surface area contributed by atoms with Gasteiger partial charge in [0.25, 0.3) is 0 Å². The number of nitrogens with two attached hydrogens (primary N) is 1. The van der Waals surface area contributed by atoms with E-state index in [0.29, 0.717) is 37.7 Å². The molecule has 1 aromatic heterocycles. The van der Waals surface area contributed by atoms with Gasteiger partial charge < -0.3 is 20.5 Å². The minimum absolute atomic E-state index is 0.0553. The topological polar surface area (TPSA) is 86.5 Å². The number of ether oxygens (including phenoxy) is 2. The van der Waals surface area contributed by atoms with Crippen LogP contribution in [0.5, 0.6) is 5.88 Å². The summed E-state index contributed by atoms with van der Waals surface area (Å²) in [6.45, 7) is 3.30. The predicted molar refractivity (Wildman–Crippen MR) is 73.1 cm³/mol. The van der Waals surface area contributed by atoms with Gasteiger partial charge in [0.05, 0.1) is 18.5 Å². The zero-order valence-electron chi connectivity index (χ0n) is 11.4. The van der Waals surface area contributed by atoms with Crippen molar-refractivity contribution in [2.24, 2.45) is 11.7 Å². The highest BCUT2D eigenvalue weighted by Crippen LogP contribution is 2.13. The summed E-state index contributed by atoms with van der Waals surface area (Å²) in [4.78, 5) is 15.8. The van der Waals surface area contributed by atoms with E-state index in [0.717, 1.165) is 0 Å². The van der Waals surface area contributed by atoms with Crippen molar-refractivity contribution < 1.29 is 14.3 Å². The number of amides is 1. The van der Waals surface area contributed by atoms with Gasteiger partial charge in [0, 0.05) is 19.1 Å². The van der Waals surface area contributed by atoms with E-state index in [1.54, 1.807) is 25.4 Å². The Morgan fingerprint density at radius 3 is 2.84 bits per heavy atom. The monoisotopic (exact) mass is 267 g/mol. The van der Waals surface area contributed by atoms with Gasteiger partial charge in [0.15, 0.2) is 0 Å². The van der Waals surface area contributed by atoms with Crippen LogP contribution in [0.1, 0.15) is 13.3 Å². The second-order valence-electron chi connectivity index (χ2n) is 4.19. The molecule has 0 spiro atoms. The molecule has 3 N–H and O–H groups in total. The van der Waals surface area contributed by atoms with E-state index in [9.17, 15) is 4.79 Å². The second kappa shape index (κ2) is 8.44. The molecule has 0 saturated heterocycles. The van der Waals surface area contributed by atoms with Gasteiger partial charge in [-0.2, -0.15) is 0 Å². The third-order valence-electron chi connectivity index (χ3n) is 2.59. The molecular weight excluding hydrogens is 246 g/mol. The largest absolute Gasteiger partial charge is 0.475 e. The third kappa shape index (κ3) is 5.67. The first-order chi connectivity index (χ1) is 9.17. The summed E-state index contributed by atoms with van der Waals surface area (Å²) in [5.74, 6) is 0.341. The van der Waals surface area contributed by atoms with Crippen LogP contribution in [0, 0.1) is 5.92 Å². The molecule has 0 radical (unpaired) electrons. The highest BCUT2D eigenvalue weighted by atomic mass is 16.5. The lowest BCUT2D eigenvalue weighted by molar-refractivity contribution is -0.119. The Morgan fingerprint density at radius 2 is 2.26 bits per heavy atom. The Bertz CT molecular complexity index is 381. The van der Waals surface area contributed by atoms with Gasteiger partial charge in [-0.25, -0.2) is 4.98 Å². The van der Waals surface area contributed by atoms with E-state index < -0.39 is 0 Å². The number of nitrogens with zero attached hydrogens (tertiary/aromatic N) is 1. The molecule has 0 aromatic carbocycles. The van der Waals surface area contributed by atoms with Crippen LogP contribution in [-0.4, -0.2) is 37.8 Å². The molecule has 0 bridgehead atoms. The number of rotatable bonds is 8. The number of carbonyl (C=O) groups is 1. The smallest absolute Gasteiger partial charge is 0.227 e. The lowest BCUT2D eigenvalue weighted by atomic mass is 10.1. The van der Waals surface area contributed by atoms with Crippen molar-refractivity contribution in [1.29, 1.82) is 0 Å². The summed E-state index contributed by atoms with van der Waals surface area (Å²) in [5.41, 5.74) is 6.07. The molecule has 0 aliphatic carbocycles. The minimum Gasteiger partial charge on any atom is -0.475 e. The van der Waals surface area contributed by atoms with Crippen LogP contribution >= 0.6 is 0 Å². The number of carbonyl (C=O) groups excluding carboxylic acids is 1. The summed E-state index contributed by atoms with van der Waals surface area (Å²) in [6.07, 6.45) is 2.23. The predicted octanol–water partition coefficient (Wildman–Crippen LogP) is 1.03. The van der Waals surface area contributed by atoms with Gasteiger partial charge in [-0.05, 0) is 19.0 Å². The maximum absolute atomic E-state index is 11.8. The standard InChI is InChI=1S/C13H21N3O3/c1-10(5-6-14)13(17)16-11-3-4-12(15-9-11)19-8-7-18-2/h3-4,9-10H,5-8,14H2,1-2H3,(H,16,17). The summed E-state index contributed by atoms with van der Waals surface area (Å²) in [5, 5.41) is 2.78. The summed E-state index contributed by atoms with van der Waals surface area (Å²) in [7, 11) is 1.61. The first-order valence-corrected chi connectivity index (χ1v) is 6.26. The average Bonchev–Trinajstić information content (AvgIpc) is 2.41. The van der Waals surface area contributed by atoms with E-state index in [-0.39, 0.29) is 11.8 Å². The molecule has 1 unspecified atom stereocenters. The Balaban J connectivity index is 2.45. The molecular formula is C13H21N3O3. The molecule has 6 heteroatoms. The van der Waals surface area contributed by atoms with Gasteiger partial charge in [-0.15, -0.1) is 0 Å². The zero-order chi connectivity index (χ0) is 14.1. The number of nitrogens with one attached hydrogen (secondary N) is 1. The molecule has 6 nitrogen and oxygen atoms in total. The van der Waals surface area contributed by atoms with Gasteiger partial charge in [-0.1, -0.05) is 6.92 Å². The van der Waals surface area contributed by atoms with Crippen LogP contribution in [0.25, 0.3) is 0 Å². The first-order valence-electron chi connectivity index (χ1n) is 6.26. The molecule has 1 rings (SSSR count). The lowest BCUT2D eigenvalue weighted by Crippen LogP contribution is -2.22. The normalized spacial score (nSPS) is 11.9. The molecule has 106 valence electrons. The molecule has 1 amide bonds. The van der Waals surface area contributed by atoms with E-state index >= 15 is 0 Å². The number of anilines is 1. The summed E-state index contributed by atoms with van der Waals surface area (Å²) >= 11 is 0. The molecule has 0 fully saturated rings. The number of aromatic nitrogens is 1. The molecule has 0 saturated carbocycles. The lowest BCUT2D eigenvalue weighted by Gasteiger charge is -2.11. The molecule has 19 heavy (non-hydrogen) atoms. The highest BCUT2D eigenvalue weighted by molar-refractivity contribution is 5.92. The van der Waals surface area contributed by atoms with Crippen molar-refractivity contribution in [3.63, 3.8) is 0 Å². The molecule has 1 aromatic rings. The number of hydrogen-bond donors (Lipinski definition) is 2. The number of pyridine rings is 1. The first kappa shape index (κ1) is 15.4. The minimum atomic E-state index is -0.109. The fourth-order valence-corrected chi connectivity index (χ4v) is 1.42. The van der Waals surface area contributed by atoms with E-state index in [1.165, 1.54) is 0 Å². The Hall–Kier alpha value is -1.66. The van der Waals surface area contributed by atoms with Gasteiger partial charge in [-0.3, -0.25) is 4.79 Å². The molecule has 1 heterocycles. The van der Waals surface area contributed by atoms with Crippen LogP contribution in [0.2, 0.25) is 0 Å². The maximum Gasteiger partial charge on any atom is 0.227 e. The van der Waals surface area contributed by atoms with E-state index in [1.807, 2.05) is 6.92 Å². The van der Waals surface area contributed by atoms with Crippen LogP contribution in [0.15, 0.2) is 18.3 Å². The number of hydrogen-bond acceptors (Lipinski definition) is 5. The van der Waals surface area contributed by atoms with Crippen molar-refractivity contribution in [3.8, 4) is 5.88 Å². The SMILES string of the molecule is COCCOc1ccc(NC(=O)C(C)CCN)cn1. The van der Waals surface area contributed by atoms with Crippen molar-refractivity contribution in [2.75, 3.05) is 32.2 Å². The van der Waals surface area contributed by atoms with Crippen LogP contribution in [0.3, 0.4) is 0 Å². The van der Waals surface area contributed by atoms with Crippen molar-refractivity contribution in [3.05, 3.63) is 18.3 Å². The second-order valence-corrected chi connectivity index (χ2v) is 4.19. The Labute approximate surface area is 113 Å². The van der Waals surface area contributed by atoms with Crippen LogP contribution < -0.4 is 15.8 Å².